The quantitative estimate of drug-likeness (QED) is 0.520. The molecular formula is C16H23Br. The van der Waals surface area contributed by atoms with Crippen molar-refractivity contribution >= 4 is 15.9 Å². The van der Waals surface area contributed by atoms with Gasteiger partial charge in [0.2, 0.25) is 0 Å². The average molecular weight is 295 g/mol. The molecule has 1 fully saturated rings. The zero-order chi connectivity index (χ0) is 12.3. The summed E-state index contributed by atoms with van der Waals surface area (Å²) in [5.41, 5.74) is 4.33. The number of alkyl halides is 1. The van der Waals surface area contributed by atoms with Crippen molar-refractivity contribution in [1.82, 2.24) is 0 Å². The fraction of sp³-hybridized carbons (Fsp3) is 0.625. The summed E-state index contributed by atoms with van der Waals surface area (Å²) in [6, 6.07) is 6.98. The topological polar surface area (TPSA) is 0 Å². The standard InChI is InChI=1S/C16H23Br/c1-12-8-13(2)10-14(9-12)11-15-6-4-3-5-7-16(15)17/h8-10,15-16H,3-7,11H2,1-2H3. The molecule has 0 radical (unpaired) electrons. The van der Waals surface area contributed by atoms with Gasteiger partial charge < -0.3 is 0 Å². The van der Waals surface area contributed by atoms with Gasteiger partial charge in [0.1, 0.15) is 0 Å². The third kappa shape index (κ3) is 3.84. The highest BCUT2D eigenvalue weighted by Gasteiger charge is 2.21. The molecule has 2 atom stereocenters. The molecule has 94 valence electrons. The van der Waals surface area contributed by atoms with E-state index in [1.54, 1.807) is 0 Å². The maximum atomic E-state index is 3.90. The lowest BCUT2D eigenvalue weighted by molar-refractivity contribution is 0.475. The number of aryl methyl sites for hydroxylation is 2. The van der Waals surface area contributed by atoms with Crippen LogP contribution in [0.2, 0.25) is 0 Å². The third-order valence-electron chi connectivity index (χ3n) is 3.85. The molecule has 0 aliphatic heterocycles. The van der Waals surface area contributed by atoms with Crippen LogP contribution in [0.3, 0.4) is 0 Å². The molecule has 0 N–H and O–H groups in total. The molecule has 0 nitrogen and oxygen atoms in total. The minimum absolute atomic E-state index is 0.728. The molecule has 1 aliphatic rings. The SMILES string of the molecule is Cc1cc(C)cc(CC2CCCCCC2Br)c1. The van der Waals surface area contributed by atoms with Gasteiger partial charge in [0.25, 0.3) is 0 Å². The molecule has 1 heteroatoms. The minimum atomic E-state index is 0.728. The highest BCUT2D eigenvalue weighted by molar-refractivity contribution is 9.09. The van der Waals surface area contributed by atoms with E-state index in [0.717, 1.165) is 10.7 Å². The lowest BCUT2D eigenvalue weighted by atomic mass is 9.91. The predicted octanol–water partition coefficient (Wildman–Crippen LogP) is 5.19. The summed E-state index contributed by atoms with van der Waals surface area (Å²) in [7, 11) is 0. The van der Waals surface area contributed by atoms with Crippen LogP contribution >= 0.6 is 15.9 Å². The summed E-state index contributed by atoms with van der Waals surface area (Å²) in [6.07, 6.45) is 8.24. The predicted molar refractivity (Wildman–Crippen MR) is 78.9 cm³/mol. The van der Waals surface area contributed by atoms with Gasteiger partial charge >= 0.3 is 0 Å². The number of hydrogen-bond donors (Lipinski definition) is 0. The fourth-order valence-electron chi connectivity index (χ4n) is 3.06. The van der Waals surface area contributed by atoms with E-state index in [-0.39, 0.29) is 0 Å². The van der Waals surface area contributed by atoms with E-state index in [0.29, 0.717) is 0 Å². The molecule has 0 aromatic heterocycles. The lowest BCUT2D eigenvalue weighted by Crippen LogP contribution is -2.15. The highest BCUT2D eigenvalue weighted by atomic mass is 79.9. The van der Waals surface area contributed by atoms with Crippen LogP contribution in [0.5, 0.6) is 0 Å². The number of halogens is 1. The van der Waals surface area contributed by atoms with Crippen molar-refractivity contribution in [3.05, 3.63) is 34.9 Å². The Hall–Kier alpha value is -0.300. The molecule has 17 heavy (non-hydrogen) atoms. The molecule has 0 amide bonds. The second kappa shape index (κ2) is 6.04. The van der Waals surface area contributed by atoms with Crippen LogP contribution in [0.25, 0.3) is 0 Å². The minimum Gasteiger partial charge on any atom is -0.0888 e. The smallest absolute Gasteiger partial charge is 0.0177 e. The normalized spacial score (nSPS) is 25.6. The summed E-state index contributed by atoms with van der Waals surface area (Å²) in [4.78, 5) is 0.728. The Kier molecular flexibility index (Phi) is 4.67. The van der Waals surface area contributed by atoms with Gasteiger partial charge in [-0.1, -0.05) is 64.5 Å². The van der Waals surface area contributed by atoms with Gasteiger partial charge in [0, 0.05) is 4.83 Å². The van der Waals surface area contributed by atoms with Gasteiger partial charge in [-0.2, -0.15) is 0 Å². The summed E-state index contributed by atoms with van der Waals surface area (Å²) in [6.45, 7) is 4.41. The van der Waals surface area contributed by atoms with Crippen LogP contribution in [0.1, 0.15) is 48.8 Å². The summed E-state index contributed by atoms with van der Waals surface area (Å²) >= 11 is 3.90. The van der Waals surface area contributed by atoms with Crippen molar-refractivity contribution in [2.24, 2.45) is 5.92 Å². The Labute approximate surface area is 114 Å². The van der Waals surface area contributed by atoms with E-state index in [9.17, 15) is 0 Å². The summed E-state index contributed by atoms with van der Waals surface area (Å²) in [5, 5.41) is 0. The van der Waals surface area contributed by atoms with Crippen LogP contribution in [-0.4, -0.2) is 4.83 Å². The molecular weight excluding hydrogens is 272 g/mol. The molecule has 2 unspecified atom stereocenters. The average Bonchev–Trinajstić information content (AvgIpc) is 2.43. The Balaban J connectivity index is 2.07. The lowest BCUT2D eigenvalue weighted by Gasteiger charge is -2.20. The molecule has 0 heterocycles. The zero-order valence-corrected chi connectivity index (χ0v) is 12.6. The van der Waals surface area contributed by atoms with Gasteiger partial charge in [0.15, 0.2) is 0 Å². The van der Waals surface area contributed by atoms with Crippen molar-refractivity contribution in [1.29, 1.82) is 0 Å². The molecule has 1 aliphatic carbocycles. The maximum Gasteiger partial charge on any atom is 0.0177 e. The molecule has 1 aromatic rings. The van der Waals surface area contributed by atoms with Gasteiger partial charge in [-0.3, -0.25) is 0 Å². The van der Waals surface area contributed by atoms with Crippen LogP contribution in [0.15, 0.2) is 18.2 Å². The van der Waals surface area contributed by atoms with E-state index in [2.05, 4.69) is 48.0 Å². The van der Waals surface area contributed by atoms with E-state index in [1.807, 2.05) is 0 Å². The Morgan fingerprint density at radius 3 is 2.35 bits per heavy atom. The van der Waals surface area contributed by atoms with Crippen molar-refractivity contribution in [2.75, 3.05) is 0 Å². The van der Waals surface area contributed by atoms with Gasteiger partial charge in [-0.15, -0.1) is 0 Å². The second-order valence-corrected chi connectivity index (χ2v) is 6.79. The van der Waals surface area contributed by atoms with Crippen molar-refractivity contribution < 1.29 is 0 Å². The van der Waals surface area contributed by atoms with E-state index in [4.69, 9.17) is 0 Å². The van der Waals surface area contributed by atoms with Gasteiger partial charge in [-0.05, 0) is 44.6 Å². The Bertz CT molecular complexity index is 350. The number of benzene rings is 1. The maximum absolute atomic E-state index is 3.90. The molecule has 1 aromatic carbocycles. The molecule has 1 saturated carbocycles. The largest absolute Gasteiger partial charge is 0.0888 e. The molecule has 2 rings (SSSR count). The molecule has 0 bridgehead atoms. The van der Waals surface area contributed by atoms with E-state index in [1.165, 1.54) is 55.2 Å². The summed E-state index contributed by atoms with van der Waals surface area (Å²) in [5.74, 6) is 0.832. The van der Waals surface area contributed by atoms with E-state index < -0.39 is 0 Å². The fourth-order valence-corrected chi connectivity index (χ4v) is 3.83. The summed E-state index contributed by atoms with van der Waals surface area (Å²) < 4.78 is 0. The van der Waals surface area contributed by atoms with Gasteiger partial charge in [0.05, 0.1) is 0 Å². The number of rotatable bonds is 2. The van der Waals surface area contributed by atoms with Crippen LogP contribution in [0, 0.1) is 19.8 Å². The van der Waals surface area contributed by atoms with Crippen LogP contribution < -0.4 is 0 Å². The second-order valence-electron chi connectivity index (χ2n) is 5.61. The van der Waals surface area contributed by atoms with Crippen LogP contribution in [0.4, 0.5) is 0 Å². The number of hydrogen-bond acceptors (Lipinski definition) is 0. The zero-order valence-electron chi connectivity index (χ0n) is 11.0. The van der Waals surface area contributed by atoms with Crippen LogP contribution in [-0.2, 0) is 6.42 Å². The first kappa shape index (κ1) is 13.1. The molecule has 0 saturated heterocycles. The van der Waals surface area contributed by atoms with Crippen molar-refractivity contribution in [3.8, 4) is 0 Å². The third-order valence-corrected chi connectivity index (χ3v) is 5.05. The Morgan fingerprint density at radius 2 is 1.65 bits per heavy atom. The molecule has 0 spiro atoms. The highest BCUT2D eigenvalue weighted by Crippen LogP contribution is 2.31. The van der Waals surface area contributed by atoms with E-state index >= 15 is 0 Å². The van der Waals surface area contributed by atoms with Crippen molar-refractivity contribution in [2.45, 2.75) is 57.2 Å². The Morgan fingerprint density at radius 1 is 1.00 bits per heavy atom. The first-order chi connectivity index (χ1) is 8.15. The first-order valence-electron chi connectivity index (χ1n) is 6.86. The van der Waals surface area contributed by atoms with Gasteiger partial charge in [-0.25, -0.2) is 0 Å². The van der Waals surface area contributed by atoms with Crippen molar-refractivity contribution in [3.63, 3.8) is 0 Å². The monoisotopic (exact) mass is 294 g/mol. The first-order valence-corrected chi connectivity index (χ1v) is 7.78.